The molecule has 0 radical (unpaired) electrons. The predicted octanol–water partition coefficient (Wildman–Crippen LogP) is 0.102. The fourth-order valence-corrected chi connectivity index (χ4v) is 1.23. The zero-order valence-electron chi connectivity index (χ0n) is 9.28. The van der Waals surface area contributed by atoms with E-state index in [0.29, 0.717) is 13.2 Å². The van der Waals surface area contributed by atoms with E-state index in [0.717, 1.165) is 13.1 Å². The van der Waals surface area contributed by atoms with E-state index in [4.69, 9.17) is 14.6 Å². The Morgan fingerprint density at radius 3 is 2.93 bits per heavy atom. The van der Waals surface area contributed by atoms with Crippen molar-refractivity contribution in [1.82, 2.24) is 5.32 Å². The molecular formula is C10H19NO4. The number of carboxylic acid groups (broad SMARTS) is 1. The van der Waals surface area contributed by atoms with Crippen LogP contribution in [0.5, 0.6) is 0 Å². The minimum Gasteiger partial charge on any atom is -0.481 e. The van der Waals surface area contributed by atoms with Crippen LogP contribution in [0.2, 0.25) is 0 Å². The zero-order valence-corrected chi connectivity index (χ0v) is 9.28. The maximum Gasteiger partial charge on any atom is 0.311 e. The van der Waals surface area contributed by atoms with Gasteiger partial charge in [0.05, 0.1) is 31.3 Å². The minimum atomic E-state index is -0.842. The topological polar surface area (TPSA) is 67.8 Å². The summed E-state index contributed by atoms with van der Waals surface area (Å²) in [5.74, 6) is -0.842. The van der Waals surface area contributed by atoms with Crippen molar-refractivity contribution in [2.45, 2.75) is 20.0 Å². The van der Waals surface area contributed by atoms with E-state index in [1.54, 1.807) is 13.8 Å². The first-order valence-corrected chi connectivity index (χ1v) is 5.16. The van der Waals surface area contributed by atoms with Gasteiger partial charge in [0.1, 0.15) is 0 Å². The maximum atomic E-state index is 10.8. The number of aliphatic carboxylic acids is 1. The SMILES string of the molecule is CC(C)(COCC1CNCCO1)C(=O)O. The van der Waals surface area contributed by atoms with E-state index in [1.807, 2.05) is 0 Å². The second kappa shape index (κ2) is 5.44. The van der Waals surface area contributed by atoms with Crippen LogP contribution >= 0.6 is 0 Å². The van der Waals surface area contributed by atoms with Crippen LogP contribution in [-0.4, -0.2) is 50.1 Å². The molecule has 1 atom stereocenters. The van der Waals surface area contributed by atoms with Gasteiger partial charge in [-0.05, 0) is 13.8 Å². The second-order valence-corrected chi connectivity index (χ2v) is 4.40. The molecule has 1 rings (SSSR count). The molecule has 1 saturated heterocycles. The van der Waals surface area contributed by atoms with Gasteiger partial charge >= 0.3 is 5.97 Å². The van der Waals surface area contributed by atoms with Crippen LogP contribution in [0.25, 0.3) is 0 Å². The van der Waals surface area contributed by atoms with Crippen LogP contribution in [0.4, 0.5) is 0 Å². The molecule has 5 nitrogen and oxygen atoms in total. The Balaban J connectivity index is 2.17. The third-order valence-electron chi connectivity index (χ3n) is 2.35. The lowest BCUT2D eigenvalue weighted by molar-refractivity contribution is -0.151. The van der Waals surface area contributed by atoms with Crippen LogP contribution in [0.15, 0.2) is 0 Å². The first-order valence-electron chi connectivity index (χ1n) is 5.16. The lowest BCUT2D eigenvalue weighted by Gasteiger charge is -2.25. The van der Waals surface area contributed by atoms with Crippen molar-refractivity contribution >= 4 is 5.97 Å². The number of ether oxygens (including phenoxy) is 2. The molecule has 0 bridgehead atoms. The van der Waals surface area contributed by atoms with Gasteiger partial charge in [-0.2, -0.15) is 0 Å². The van der Waals surface area contributed by atoms with Gasteiger partial charge in [0, 0.05) is 13.1 Å². The lowest BCUT2D eigenvalue weighted by Crippen LogP contribution is -2.42. The Kier molecular flexibility index (Phi) is 4.50. The van der Waals surface area contributed by atoms with Gasteiger partial charge in [-0.15, -0.1) is 0 Å². The van der Waals surface area contributed by atoms with Gasteiger partial charge < -0.3 is 19.9 Å². The molecule has 5 heteroatoms. The van der Waals surface area contributed by atoms with Gasteiger partial charge in [-0.1, -0.05) is 0 Å². The summed E-state index contributed by atoms with van der Waals surface area (Å²) < 4.78 is 10.8. The Morgan fingerprint density at radius 1 is 1.67 bits per heavy atom. The molecule has 0 spiro atoms. The van der Waals surface area contributed by atoms with Crippen molar-refractivity contribution in [3.8, 4) is 0 Å². The number of hydrogen-bond acceptors (Lipinski definition) is 4. The molecule has 0 amide bonds. The summed E-state index contributed by atoms with van der Waals surface area (Å²) in [5.41, 5.74) is -0.831. The molecule has 1 fully saturated rings. The lowest BCUT2D eigenvalue weighted by atomic mass is 9.95. The molecular weight excluding hydrogens is 198 g/mol. The Morgan fingerprint density at radius 2 is 2.40 bits per heavy atom. The van der Waals surface area contributed by atoms with Crippen LogP contribution in [0.3, 0.4) is 0 Å². The number of rotatable bonds is 5. The van der Waals surface area contributed by atoms with Gasteiger partial charge in [-0.25, -0.2) is 0 Å². The first kappa shape index (κ1) is 12.4. The molecule has 1 aliphatic heterocycles. The molecule has 0 aromatic carbocycles. The highest BCUT2D eigenvalue weighted by atomic mass is 16.5. The fourth-order valence-electron chi connectivity index (χ4n) is 1.23. The van der Waals surface area contributed by atoms with E-state index in [9.17, 15) is 4.79 Å². The van der Waals surface area contributed by atoms with Crippen LogP contribution in [0.1, 0.15) is 13.8 Å². The van der Waals surface area contributed by atoms with Gasteiger partial charge in [0.15, 0.2) is 0 Å². The fraction of sp³-hybridized carbons (Fsp3) is 0.900. The molecule has 1 aliphatic rings. The quantitative estimate of drug-likeness (QED) is 0.683. The molecule has 0 aromatic heterocycles. The van der Waals surface area contributed by atoms with Crippen molar-refractivity contribution in [2.75, 3.05) is 32.9 Å². The van der Waals surface area contributed by atoms with Gasteiger partial charge in [0.25, 0.3) is 0 Å². The monoisotopic (exact) mass is 217 g/mol. The number of hydrogen-bond donors (Lipinski definition) is 2. The summed E-state index contributed by atoms with van der Waals surface area (Å²) >= 11 is 0. The largest absolute Gasteiger partial charge is 0.481 e. The smallest absolute Gasteiger partial charge is 0.311 e. The van der Waals surface area contributed by atoms with Crippen molar-refractivity contribution in [2.24, 2.45) is 5.41 Å². The van der Waals surface area contributed by atoms with E-state index in [2.05, 4.69) is 5.32 Å². The number of carboxylic acids is 1. The number of morpholine rings is 1. The van der Waals surface area contributed by atoms with Gasteiger partial charge in [-0.3, -0.25) is 4.79 Å². The van der Waals surface area contributed by atoms with Crippen LogP contribution in [0, 0.1) is 5.41 Å². The van der Waals surface area contributed by atoms with E-state index in [-0.39, 0.29) is 12.7 Å². The third kappa shape index (κ3) is 4.15. The average molecular weight is 217 g/mol. The molecule has 1 unspecified atom stereocenters. The van der Waals surface area contributed by atoms with Crippen molar-refractivity contribution in [3.05, 3.63) is 0 Å². The maximum absolute atomic E-state index is 10.8. The molecule has 88 valence electrons. The summed E-state index contributed by atoms with van der Waals surface area (Å²) in [6, 6.07) is 0. The first-order chi connectivity index (χ1) is 7.02. The Hall–Kier alpha value is -0.650. The normalized spacial score (nSPS) is 22.7. The predicted molar refractivity (Wildman–Crippen MR) is 54.8 cm³/mol. The van der Waals surface area contributed by atoms with Gasteiger partial charge in [0.2, 0.25) is 0 Å². The number of carbonyl (C=O) groups is 1. The van der Waals surface area contributed by atoms with Crippen molar-refractivity contribution in [3.63, 3.8) is 0 Å². The summed E-state index contributed by atoms with van der Waals surface area (Å²) in [4.78, 5) is 10.8. The molecule has 0 aliphatic carbocycles. The molecule has 0 saturated carbocycles. The van der Waals surface area contributed by atoms with E-state index < -0.39 is 11.4 Å². The summed E-state index contributed by atoms with van der Waals surface area (Å²) in [5, 5.41) is 12.0. The molecule has 1 heterocycles. The van der Waals surface area contributed by atoms with E-state index in [1.165, 1.54) is 0 Å². The van der Waals surface area contributed by atoms with E-state index >= 15 is 0 Å². The van der Waals surface area contributed by atoms with Crippen LogP contribution in [-0.2, 0) is 14.3 Å². The standard InChI is InChI=1S/C10H19NO4/c1-10(2,9(12)13)7-14-6-8-5-11-3-4-15-8/h8,11H,3-7H2,1-2H3,(H,12,13). The minimum absolute atomic E-state index is 0.0448. The average Bonchev–Trinajstić information content (AvgIpc) is 2.19. The van der Waals surface area contributed by atoms with Crippen molar-refractivity contribution < 1.29 is 19.4 Å². The Bertz CT molecular complexity index is 211. The summed E-state index contributed by atoms with van der Waals surface area (Å²) in [6.45, 7) is 6.29. The summed E-state index contributed by atoms with van der Waals surface area (Å²) in [7, 11) is 0. The van der Waals surface area contributed by atoms with Crippen LogP contribution < -0.4 is 5.32 Å². The highest BCUT2D eigenvalue weighted by Crippen LogP contribution is 2.15. The second-order valence-electron chi connectivity index (χ2n) is 4.40. The molecule has 15 heavy (non-hydrogen) atoms. The number of nitrogens with one attached hydrogen (secondary N) is 1. The molecule has 2 N–H and O–H groups in total. The Labute approximate surface area is 89.8 Å². The molecule has 0 aromatic rings. The third-order valence-corrected chi connectivity index (χ3v) is 2.35. The summed E-state index contributed by atoms with van der Waals surface area (Å²) in [6.07, 6.45) is 0.0448. The highest BCUT2D eigenvalue weighted by Gasteiger charge is 2.27. The van der Waals surface area contributed by atoms with Crippen molar-refractivity contribution in [1.29, 1.82) is 0 Å². The highest BCUT2D eigenvalue weighted by molar-refractivity contribution is 5.73. The zero-order chi connectivity index (χ0) is 11.3.